The lowest BCUT2D eigenvalue weighted by molar-refractivity contribution is 0.495. The Morgan fingerprint density at radius 2 is 1.25 bits per heavy atom. The number of rotatable bonds is 3. The van der Waals surface area contributed by atoms with Gasteiger partial charge in [0.2, 0.25) is 0 Å². The summed E-state index contributed by atoms with van der Waals surface area (Å²) in [6, 6.07) is 57.1. The number of hydrogen-bond acceptors (Lipinski definition) is 1. The van der Waals surface area contributed by atoms with Crippen LogP contribution < -0.4 is 0 Å². The average Bonchev–Trinajstić information content (AvgIpc) is 3.72. The van der Waals surface area contributed by atoms with Crippen LogP contribution in [-0.4, -0.2) is 4.57 Å². The van der Waals surface area contributed by atoms with Crippen LogP contribution in [0.3, 0.4) is 0 Å². The van der Waals surface area contributed by atoms with Gasteiger partial charge in [-0.15, -0.1) is 11.3 Å². The van der Waals surface area contributed by atoms with E-state index in [0.29, 0.717) is 11.8 Å². The number of hydrogen-bond donors (Lipinski definition) is 0. The van der Waals surface area contributed by atoms with Gasteiger partial charge in [-0.1, -0.05) is 146 Å². The van der Waals surface area contributed by atoms with E-state index in [-0.39, 0.29) is 6.04 Å². The van der Waals surface area contributed by atoms with Crippen LogP contribution >= 0.6 is 11.3 Å². The Bertz CT molecular complexity index is 2870. The van der Waals surface area contributed by atoms with Gasteiger partial charge in [0.05, 0.1) is 11.6 Å². The molecule has 0 saturated carbocycles. The third-order valence-corrected chi connectivity index (χ3v) is 12.9. The summed E-state index contributed by atoms with van der Waals surface area (Å²) in [6.07, 6.45) is 5.84. The van der Waals surface area contributed by atoms with Crippen molar-refractivity contribution < 1.29 is 0 Å². The first kappa shape index (κ1) is 29.1. The van der Waals surface area contributed by atoms with Gasteiger partial charge in [-0.2, -0.15) is 0 Å². The zero-order valence-corrected chi connectivity index (χ0v) is 29.2. The fourth-order valence-electron chi connectivity index (χ4n) is 9.40. The Hall–Kier alpha value is -5.70. The molecule has 0 fully saturated rings. The summed E-state index contributed by atoms with van der Waals surface area (Å²) in [7, 11) is 0. The van der Waals surface area contributed by atoms with Gasteiger partial charge in [0, 0.05) is 47.9 Å². The van der Waals surface area contributed by atoms with Crippen LogP contribution in [0, 0.1) is 5.92 Å². The maximum atomic E-state index is 2.68. The molecule has 2 aliphatic carbocycles. The summed E-state index contributed by atoms with van der Waals surface area (Å²) in [5.74, 6) is 0.655. The van der Waals surface area contributed by atoms with Crippen LogP contribution in [0.4, 0.5) is 0 Å². The third-order valence-electron chi connectivity index (χ3n) is 11.7. The number of fused-ring (bicyclic) bond motifs is 10. The van der Waals surface area contributed by atoms with Crippen molar-refractivity contribution >= 4 is 59.4 Å². The molecule has 242 valence electrons. The quantitative estimate of drug-likeness (QED) is 0.176. The predicted molar refractivity (Wildman–Crippen MR) is 218 cm³/mol. The van der Waals surface area contributed by atoms with Crippen LogP contribution in [0.15, 0.2) is 158 Å². The molecular formula is C49H35NS. The molecule has 9 aromatic rings. The zero-order chi connectivity index (χ0) is 33.6. The van der Waals surface area contributed by atoms with E-state index in [1.807, 2.05) is 11.3 Å². The highest BCUT2D eigenvalue weighted by Crippen LogP contribution is 2.49. The van der Waals surface area contributed by atoms with Crippen LogP contribution in [-0.2, 0) is 6.42 Å². The molecule has 51 heavy (non-hydrogen) atoms. The largest absolute Gasteiger partial charge is 0.332 e. The van der Waals surface area contributed by atoms with E-state index >= 15 is 0 Å². The number of thiophene rings is 1. The van der Waals surface area contributed by atoms with Gasteiger partial charge in [-0.05, 0) is 81.1 Å². The highest BCUT2D eigenvalue weighted by Gasteiger charge is 2.32. The lowest BCUT2D eigenvalue weighted by atomic mass is 9.75. The van der Waals surface area contributed by atoms with E-state index in [1.54, 1.807) is 0 Å². The Kier molecular flexibility index (Phi) is 6.36. The maximum absolute atomic E-state index is 2.68. The first-order chi connectivity index (χ1) is 25.2. The van der Waals surface area contributed by atoms with Crippen molar-refractivity contribution in [2.75, 3.05) is 0 Å². The van der Waals surface area contributed by atoms with Gasteiger partial charge < -0.3 is 4.57 Å². The van der Waals surface area contributed by atoms with Crippen LogP contribution in [0.25, 0.3) is 70.3 Å². The molecule has 2 aromatic heterocycles. The van der Waals surface area contributed by atoms with E-state index in [2.05, 4.69) is 175 Å². The summed E-state index contributed by atoms with van der Waals surface area (Å²) < 4.78 is 5.39. The number of para-hydroxylation sites is 1. The highest BCUT2D eigenvalue weighted by molar-refractivity contribution is 7.26. The van der Waals surface area contributed by atoms with Gasteiger partial charge >= 0.3 is 0 Å². The van der Waals surface area contributed by atoms with Gasteiger partial charge in [-0.25, -0.2) is 0 Å². The monoisotopic (exact) mass is 669 g/mol. The van der Waals surface area contributed by atoms with Crippen molar-refractivity contribution in [1.29, 1.82) is 0 Å². The first-order valence-electron chi connectivity index (χ1n) is 18.1. The molecule has 0 N–H and O–H groups in total. The zero-order valence-electron chi connectivity index (χ0n) is 28.4. The lowest BCUT2D eigenvalue weighted by Crippen LogP contribution is -2.21. The minimum Gasteiger partial charge on any atom is -0.332 e. The molecular weight excluding hydrogens is 635 g/mol. The predicted octanol–water partition coefficient (Wildman–Crippen LogP) is 13.4. The second kappa shape index (κ2) is 11.2. The smallest absolute Gasteiger partial charge is 0.0658 e. The first-order valence-corrected chi connectivity index (χ1v) is 19.0. The minimum absolute atomic E-state index is 0.160. The molecule has 0 amide bonds. The second-order valence-corrected chi connectivity index (χ2v) is 15.5. The minimum atomic E-state index is 0.160. The van der Waals surface area contributed by atoms with Crippen LogP contribution in [0.2, 0.25) is 0 Å². The Morgan fingerprint density at radius 1 is 0.549 bits per heavy atom. The molecule has 2 aliphatic rings. The molecule has 0 aliphatic heterocycles. The normalized spacial score (nSPS) is 17.9. The molecule has 0 saturated heterocycles. The summed E-state index contributed by atoms with van der Waals surface area (Å²) in [5, 5.41) is 5.36. The van der Waals surface area contributed by atoms with Crippen molar-refractivity contribution in [3.63, 3.8) is 0 Å². The van der Waals surface area contributed by atoms with Crippen molar-refractivity contribution in [2.45, 2.75) is 25.3 Å². The SMILES string of the molecule is CC1C=Cc2c(-c3cccc4c3sc3ccccc34)cccc2C1n1c2ccccc2c2cc3c(cc21)CC(c1ccccc1)c1ccccc1-3. The molecule has 0 spiro atoms. The Morgan fingerprint density at radius 3 is 2.18 bits per heavy atom. The number of benzene rings is 7. The van der Waals surface area contributed by atoms with Crippen molar-refractivity contribution in [2.24, 2.45) is 5.92 Å². The van der Waals surface area contributed by atoms with Crippen LogP contribution in [0.1, 0.15) is 46.7 Å². The van der Waals surface area contributed by atoms with E-state index in [0.717, 1.165) is 6.42 Å². The fraction of sp³-hybridized carbons (Fsp3) is 0.102. The van der Waals surface area contributed by atoms with Gasteiger partial charge in [0.15, 0.2) is 0 Å². The number of nitrogens with zero attached hydrogens (tertiary/aromatic N) is 1. The second-order valence-electron chi connectivity index (χ2n) is 14.4. The maximum Gasteiger partial charge on any atom is 0.0658 e. The lowest BCUT2D eigenvalue weighted by Gasteiger charge is -2.32. The van der Waals surface area contributed by atoms with Gasteiger partial charge in [0.1, 0.15) is 0 Å². The summed E-state index contributed by atoms with van der Waals surface area (Å²) in [5.41, 5.74) is 15.0. The number of allylic oxidation sites excluding steroid dienone is 1. The van der Waals surface area contributed by atoms with Crippen molar-refractivity contribution in [1.82, 2.24) is 4.57 Å². The Labute approximate surface area is 301 Å². The fourth-order valence-corrected chi connectivity index (χ4v) is 10.6. The van der Waals surface area contributed by atoms with Gasteiger partial charge in [0.25, 0.3) is 0 Å². The number of aromatic nitrogens is 1. The standard InChI is InChI=1S/C49H35NS/c1-30-25-26-36-33(40-21-12-22-41-38-18-8-10-24-47(38)51-49(40)41)19-11-20-39(36)48(30)50-45-23-9-7-17-37(45)44-29-43-32(28-46(44)50)27-42(31-13-3-2-4-14-31)34-15-5-6-16-35(34)43/h2-26,28-30,42,48H,27H2,1H3. The molecule has 2 heteroatoms. The molecule has 2 heterocycles. The summed E-state index contributed by atoms with van der Waals surface area (Å²) in [6.45, 7) is 2.39. The third kappa shape index (κ3) is 4.27. The Balaban J connectivity index is 1.14. The van der Waals surface area contributed by atoms with E-state index in [4.69, 9.17) is 0 Å². The van der Waals surface area contributed by atoms with Crippen molar-refractivity contribution in [3.05, 3.63) is 186 Å². The molecule has 11 rings (SSSR count). The van der Waals surface area contributed by atoms with E-state index < -0.39 is 0 Å². The molecule has 3 unspecified atom stereocenters. The molecule has 0 bridgehead atoms. The molecule has 7 aromatic carbocycles. The molecule has 0 radical (unpaired) electrons. The van der Waals surface area contributed by atoms with E-state index in [1.165, 1.54) is 92.0 Å². The topological polar surface area (TPSA) is 4.93 Å². The molecule has 1 nitrogen and oxygen atoms in total. The summed E-state index contributed by atoms with van der Waals surface area (Å²) in [4.78, 5) is 0. The van der Waals surface area contributed by atoms with Crippen LogP contribution in [0.5, 0.6) is 0 Å². The van der Waals surface area contributed by atoms with Crippen molar-refractivity contribution in [3.8, 4) is 22.3 Å². The summed E-state index contributed by atoms with van der Waals surface area (Å²) >= 11 is 1.91. The highest BCUT2D eigenvalue weighted by atomic mass is 32.1. The molecule has 3 atom stereocenters. The van der Waals surface area contributed by atoms with E-state index in [9.17, 15) is 0 Å². The average molecular weight is 670 g/mol. The van der Waals surface area contributed by atoms with Gasteiger partial charge in [-0.3, -0.25) is 0 Å².